The van der Waals surface area contributed by atoms with Gasteiger partial charge in [0.2, 0.25) is 0 Å². The van der Waals surface area contributed by atoms with E-state index >= 15 is 0 Å². The fourth-order valence-corrected chi connectivity index (χ4v) is 14.0. The molecule has 2 bridgehead atoms. The maximum absolute atomic E-state index is 2.55. The van der Waals surface area contributed by atoms with Crippen molar-refractivity contribution in [3.63, 3.8) is 0 Å². The topological polar surface area (TPSA) is 0 Å². The molecule has 3 aliphatic rings. The fraction of sp³-hybridized carbons (Fsp3) is 0.478. The summed E-state index contributed by atoms with van der Waals surface area (Å²) in [6.45, 7) is 7.66. The zero-order valence-corrected chi connectivity index (χ0v) is 16.2. The molecule has 0 aromatic heterocycles. The lowest BCUT2D eigenvalue weighted by Gasteiger charge is -2.49. The summed E-state index contributed by atoms with van der Waals surface area (Å²) in [6.07, 6.45) is 4.21. The lowest BCUT2D eigenvalue weighted by molar-refractivity contribution is 0.623. The van der Waals surface area contributed by atoms with E-state index in [1.807, 2.05) is 5.19 Å². The first-order valence-electron chi connectivity index (χ1n) is 9.69. The SMILES string of the molecule is CC(C)(C)[Si@]1([C@@H]2C[C@@H]3C[C@H]2c2ccccc23)CCc2ccccc21. The second-order valence-corrected chi connectivity index (χ2v) is 14.6. The molecule has 2 aliphatic carbocycles. The molecule has 24 heavy (non-hydrogen) atoms. The number of benzene rings is 2. The summed E-state index contributed by atoms with van der Waals surface area (Å²) in [5.74, 6) is 1.68. The number of hydrogen-bond donors (Lipinski definition) is 0. The van der Waals surface area contributed by atoms with Crippen LogP contribution in [0, 0.1) is 0 Å². The molecular weight excluding hydrogens is 304 g/mol. The van der Waals surface area contributed by atoms with E-state index in [2.05, 4.69) is 69.3 Å². The van der Waals surface area contributed by atoms with E-state index < -0.39 is 8.07 Å². The van der Waals surface area contributed by atoms with Crippen LogP contribution in [0.5, 0.6) is 0 Å². The molecular formula is C23H28Si. The lowest BCUT2D eigenvalue weighted by atomic mass is 9.91. The largest absolute Gasteiger partial charge is 0.0963 e. The summed E-state index contributed by atoms with van der Waals surface area (Å²) in [5, 5.41) is 2.26. The van der Waals surface area contributed by atoms with Gasteiger partial charge in [0.1, 0.15) is 0 Å². The van der Waals surface area contributed by atoms with Gasteiger partial charge in [-0.25, -0.2) is 0 Å². The molecule has 0 N–H and O–H groups in total. The van der Waals surface area contributed by atoms with E-state index in [0.717, 1.165) is 17.4 Å². The van der Waals surface area contributed by atoms with Gasteiger partial charge in [-0.15, -0.1) is 0 Å². The van der Waals surface area contributed by atoms with Crippen molar-refractivity contribution in [1.82, 2.24) is 0 Å². The number of aryl methyl sites for hydroxylation is 1. The highest BCUT2D eigenvalue weighted by Crippen LogP contribution is 2.66. The second-order valence-electron chi connectivity index (χ2n) is 9.39. The van der Waals surface area contributed by atoms with Gasteiger partial charge in [0.25, 0.3) is 0 Å². The third-order valence-electron chi connectivity index (χ3n) is 7.66. The minimum absolute atomic E-state index is 0.448. The molecule has 4 atom stereocenters. The van der Waals surface area contributed by atoms with Crippen LogP contribution in [0.25, 0.3) is 0 Å². The summed E-state index contributed by atoms with van der Waals surface area (Å²) in [7, 11) is -1.54. The Morgan fingerprint density at radius 3 is 2.38 bits per heavy atom. The van der Waals surface area contributed by atoms with Crippen molar-refractivity contribution in [3.8, 4) is 0 Å². The summed E-state index contributed by atoms with van der Waals surface area (Å²) >= 11 is 0. The summed E-state index contributed by atoms with van der Waals surface area (Å²) < 4.78 is 0. The van der Waals surface area contributed by atoms with E-state index in [9.17, 15) is 0 Å². The van der Waals surface area contributed by atoms with Gasteiger partial charge in [-0.2, -0.15) is 0 Å². The van der Waals surface area contributed by atoms with Gasteiger partial charge in [-0.3, -0.25) is 0 Å². The Hall–Kier alpha value is -1.34. The molecule has 0 spiro atoms. The van der Waals surface area contributed by atoms with Crippen LogP contribution in [-0.4, -0.2) is 8.07 Å². The van der Waals surface area contributed by atoms with Gasteiger partial charge in [0.05, 0.1) is 8.07 Å². The van der Waals surface area contributed by atoms with Crippen LogP contribution in [0.15, 0.2) is 48.5 Å². The van der Waals surface area contributed by atoms with Gasteiger partial charge in [-0.05, 0) is 64.4 Å². The Kier molecular flexibility index (Phi) is 3.02. The molecule has 1 saturated carbocycles. The van der Waals surface area contributed by atoms with E-state index in [0.29, 0.717) is 5.04 Å². The summed E-state index contributed by atoms with van der Waals surface area (Å²) in [6, 6.07) is 20.3. The minimum Gasteiger partial charge on any atom is -0.0627 e. The van der Waals surface area contributed by atoms with Crippen LogP contribution in [0.4, 0.5) is 0 Å². The molecule has 5 rings (SSSR count). The van der Waals surface area contributed by atoms with E-state index in [1.54, 1.807) is 16.7 Å². The molecule has 1 heteroatoms. The van der Waals surface area contributed by atoms with Crippen molar-refractivity contribution in [2.24, 2.45) is 0 Å². The molecule has 2 aromatic carbocycles. The van der Waals surface area contributed by atoms with Gasteiger partial charge in [0.15, 0.2) is 0 Å². The monoisotopic (exact) mass is 332 g/mol. The van der Waals surface area contributed by atoms with E-state index in [1.165, 1.54) is 25.3 Å². The maximum atomic E-state index is 2.55. The molecule has 0 unspecified atom stereocenters. The zero-order chi connectivity index (χ0) is 16.5. The molecule has 0 saturated heterocycles. The first-order valence-corrected chi connectivity index (χ1v) is 12.0. The molecule has 0 radical (unpaired) electrons. The first-order chi connectivity index (χ1) is 11.5. The van der Waals surface area contributed by atoms with Gasteiger partial charge >= 0.3 is 0 Å². The standard InChI is InChI=1S/C23H28Si/c1-23(2,3)24(13-12-16-8-4-7-11-21(16)24)22-15-17-14-20(22)19-10-6-5-9-18(17)19/h4-11,17,20,22H,12-15H2,1-3H3/t17-,20-,22+,24+/m0/s1. The predicted octanol–water partition coefficient (Wildman–Crippen LogP) is 5.74. The summed E-state index contributed by atoms with van der Waals surface area (Å²) in [4.78, 5) is 0. The Morgan fingerprint density at radius 1 is 0.875 bits per heavy atom. The van der Waals surface area contributed by atoms with Crippen molar-refractivity contribution >= 4 is 13.3 Å². The third-order valence-corrected chi connectivity index (χ3v) is 14.7. The quantitative estimate of drug-likeness (QED) is 0.584. The van der Waals surface area contributed by atoms with Crippen LogP contribution < -0.4 is 5.19 Å². The highest BCUT2D eigenvalue weighted by Gasteiger charge is 2.60. The molecule has 1 fully saturated rings. The van der Waals surface area contributed by atoms with Crippen LogP contribution in [-0.2, 0) is 6.42 Å². The van der Waals surface area contributed by atoms with Gasteiger partial charge in [0, 0.05) is 0 Å². The zero-order valence-electron chi connectivity index (χ0n) is 15.2. The highest BCUT2D eigenvalue weighted by atomic mass is 28.3. The summed E-state index contributed by atoms with van der Waals surface area (Å²) in [5.41, 5.74) is 6.01. The molecule has 1 heterocycles. The average Bonchev–Trinajstić information content (AvgIpc) is 3.26. The Balaban J connectivity index is 1.68. The Bertz CT molecular complexity index is 800. The smallest absolute Gasteiger partial charge is 0.0627 e. The molecule has 1 aliphatic heterocycles. The molecule has 2 aromatic rings. The fourth-order valence-electron chi connectivity index (χ4n) is 6.76. The number of fused-ring (bicyclic) bond motifs is 6. The first kappa shape index (κ1) is 15.0. The Morgan fingerprint density at radius 2 is 1.58 bits per heavy atom. The van der Waals surface area contributed by atoms with E-state index in [-0.39, 0.29) is 0 Å². The molecule has 0 nitrogen and oxygen atoms in total. The van der Waals surface area contributed by atoms with Crippen molar-refractivity contribution in [2.75, 3.05) is 0 Å². The predicted molar refractivity (Wildman–Crippen MR) is 105 cm³/mol. The molecule has 124 valence electrons. The highest BCUT2D eigenvalue weighted by molar-refractivity contribution is 6.96. The van der Waals surface area contributed by atoms with Crippen molar-refractivity contribution in [2.45, 2.75) is 68.5 Å². The Labute approximate surface area is 147 Å². The third kappa shape index (κ3) is 1.74. The van der Waals surface area contributed by atoms with Gasteiger partial charge in [-0.1, -0.05) is 74.5 Å². The van der Waals surface area contributed by atoms with Crippen molar-refractivity contribution in [3.05, 3.63) is 65.2 Å². The van der Waals surface area contributed by atoms with Crippen molar-refractivity contribution < 1.29 is 0 Å². The van der Waals surface area contributed by atoms with Gasteiger partial charge < -0.3 is 0 Å². The lowest BCUT2D eigenvalue weighted by Crippen LogP contribution is -2.57. The van der Waals surface area contributed by atoms with E-state index in [4.69, 9.17) is 0 Å². The number of rotatable bonds is 1. The van der Waals surface area contributed by atoms with Crippen LogP contribution >= 0.6 is 0 Å². The minimum atomic E-state index is -1.54. The van der Waals surface area contributed by atoms with Crippen LogP contribution in [0.1, 0.15) is 62.1 Å². The maximum Gasteiger partial charge on any atom is 0.0963 e. The molecule has 0 amide bonds. The van der Waals surface area contributed by atoms with Crippen LogP contribution in [0.3, 0.4) is 0 Å². The number of hydrogen-bond acceptors (Lipinski definition) is 0. The normalized spacial score (nSPS) is 33.5. The second kappa shape index (κ2) is 4.85. The van der Waals surface area contributed by atoms with Crippen LogP contribution in [0.2, 0.25) is 16.6 Å². The average molecular weight is 333 g/mol. The van der Waals surface area contributed by atoms with Crippen molar-refractivity contribution in [1.29, 1.82) is 0 Å².